The Morgan fingerprint density at radius 2 is 2.04 bits per heavy atom. The lowest BCUT2D eigenvalue weighted by Crippen LogP contribution is -2.33. The molecule has 7 heteroatoms. The third-order valence-corrected chi connectivity index (χ3v) is 4.71. The van der Waals surface area contributed by atoms with E-state index in [9.17, 15) is 9.18 Å². The van der Waals surface area contributed by atoms with E-state index >= 15 is 0 Å². The molecule has 0 bridgehead atoms. The van der Waals surface area contributed by atoms with E-state index in [1.165, 1.54) is 13.2 Å². The van der Waals surface area contributed by atoms with Crippen molar-refractivity contribution >= 4 is 17.3 Å². The lowest BCUT2D eigenvalue weighted by molar-refractivity contribution is -0.117. The van der Waals surface area contributed by atoms with E-state index < -0.39 is 5.82 Å². The van der Waals surface area contributed by atoms with Crippen LogP contribution >= 0.6 is 0 Å². The lowest BCUT2D eigenvalue weighted by Gasteiger charge is -2.18. The maximum Gasteiger partial charge on any atom is 0.249 e. The summed E-state index contributed by atoms with van der Waals surface area (Å²) in [6.07, 6.45) is 4.23. The first-order valence-corrected chi connectivity index (χ1v) is 8.66. The highest BCUT2D eigenvalue weighted by atomic mass is 19.1. The minimum atomic E-state index is -0.459. The van der Waals surface area contributed by atoms with Gasteiger partial charge in [0.15, 0.2) is 11.6 Å². The van der Waals surface area contributed by atoms with Crippen LogP contribution in [0, 0.1) is 5.82 Å². The number of amides is 1. The van der Waals surface area contributed by atoms with Crippen LogP contribution < -0.4 is 15.0 Å². The summed E-state index contributed by atoms with van der Waals surface area (Å²) >= 11 is 0. The number of hydrogen-bond acceptors (Lipinski definition) is 4. The van der Waals surface area contributed by atoms with E-state index in [1.54, 1.807) is 23.2 Å². The highest BCUT2D eigenvalue weighted by molar-refractivity contribution is 6.01. The molecule has 2 aromatic carbocycles. The van der Waals surface area contributed by atoms with Crippen molar-refractivity contribution in [2.45, 2.75) is 12.5 Å². The van der Waals surface area contributed by atoms with Crippen molar-refractivity contribution in [1.29, 1.82) is 0 Å². The van der Waals surface area contributed by atoms with Gasteiger partial charge in [-0.2, -0.15) is 5.10 Å². The number of carbonyl (C=O) groups is 1. The number of nitrogens with zero attached hydrogens (tertiary/aromatic N) is 2. The summed E-state index contributed by atoms with van der Waals surface area (Å²) in [5, 5.41) is 9.85. The molecule has 3 aromatic rings. The third-order valence-electron chi connectivity index (χ3n) is 4.71. The summed E-state index contributed by atoms with van der Waals surface area (Å²) in [5.74, 6) is -0.306. The van der Waals surface area contributed by atoms with E-state index in [4.69, 9.17) is 4.74 Å². The number of aromatic amines is 1. The third kappa shape index (κ3) is 3.36. The normalized spacial score (nSPS) is 16.6. The Kier molecular flexibility index (Phi) is 4.50. The first kappa shape index (κ1) is 17.1. The average Bonchev–Trinajstić information content (AvgIpc) is 3.33. The molecule has 1 amide bonds. The minimum Gasteiger partial charge on any atom is -0.494 e. The van der Waals surface area contributed by atoms with Gasteiger partial charge in [0, 0.05) is 35.7 Å². The first-order chi connectivity index (χ1) is 13.2. The van der Waals surface area contributed by atoms with Crippen LogP contribution in [0.1, 0.15) is 6.42 Å². The van der Waals surface area contributed by atoms with Gasteiger partial charge in [0.25, 0.3) is 0 Å². The van der Waals surface area contributed by atoms with Gasteiger partial charge in [0.1, 0.15) is 6.04 Å². The Morgan fingerprint density at radius 3 is 2.70 bits per heavy atom. The Balaban J connectivity index is 1.46. The van der Waals surface area contributed by atoms with E-state index in [0.717, 1.165) is 16.8 Å². The maximum absolute atomic E-state index is 13.9. The number of rotatable bonds is 5. The molecule has 0 radical (unpaired) electrons. The number of nitrogens with one attached hydrogen (secondary N) is 2. The van der Waals surface area contributed by atoms with Gasteiger partial charge >= 0.3 is 0 Å². The number of H-pyrrole nitrogens is 1. The van der Waals surface area contributed by atoms with Crippen molar-refractivity contribution in [3.8, 4) is 16.9 Å². The molecule has 1 unspecified atom stereocenters. The predicted molar refractivity (Wildman–Crippen MR) is 101 cm³/mol. The van der Waals surface area contributed by atoms with Crippen molar-refractivity contribution in [1.82, 2.24) is 10.2 Å². The van der Waals surface area contributed by atoms with Gasteiger partial charge in [0.05, 0.1) is 13.3 Å². The zero-order chi connectivity index (χ0) is 18.8. The summed E-state index contributed by atoms with van der Waals surface area (Å²) in [4.78, 5) is 14.5. The molecule has 1 aliphatic heterocycles. The van der Waals surface area contributed by atoms with Crippen LogP contribution in [0.15, 0.2) is 54.9 Å². The molecule has 2 heterocycles. The van der Waals surface area contributed by atoms with E-state index in [1.807, 2.05) is 30.5 Å². The Bertz CT molecular complexity index is 941. The van der Waals surface area contributed by atoms with Gasteiger partial charge in [-0.3, -0.25) is 9.89 Å². The number of carbonyl (C=O) groups excluding carboxylic acids is 1. The molecule has 6 nitrogen and oxygen atoms in total. The quantitative estimate of drug-likeness (QED) is 0.726. The van der Waals surface area contributed by atoms with Gasteiger partial charge in [-0.15, -0.1) is 0 Å². The Labute approximate surface area is 156 Å². The van der Waals surface area contributed by atoms with Crippen molar-refractivity contribution in [2.75, 3.05) is 23.9 Å². The van der Waals surface area contributed by atoms with Crippen LogP contribution in [0.25, 0.3) is 11.1 Å². The fourth-order valence-electron chi connectivity index (χ4n) is 3.27. The van der Waals surface area contributed by atoms with Gasteiger partial charge in [-0.25, -0.2) is 4.39 Å². The van der Waals surface area contributed by atoms with Crippen LogP contribution in [-0.2, 0) is 4.79 Å². The smallest absolute Gasteiger partial charge is 0.249 e. The lowest BCUT2D eigenvalue weighted by atomic mass is 10.1. The molecule has 1 saturated heterocycles. The summed E-state index contributed by atoms with van der Waals surface area (Å²) in [6.45, 7) is 0.611. The number of benzene rings is 2. The van der Waals surface area contributed by atoms with Gasteiger partial charge in [-0.05, 0) is 36.2 Å². The highest BCUT2D eigenvalue weighted by Crippen LogP contribution is 2.28. The SMILES string of the molecule is COc1ccc(NC2CCN(c3ccc(-c4cn[nH]c4)cc3)C2=O)cc1F. The number of anilines is 2. The molecular formula is C20H19FN4O2. The molecule has 27 heavy (non-hydrogen) atoms. The Morgan fingerprint density at radius 1 is 1.22 bits per heavy atom. The second-order valence-corrected chi connectivity index (χ2v) is 6.36. The first-order valence-electron chi connectivity index (χ1n) is 8.66. The summed E-state index contributed by atoms with van der Waals surface area (Å²) < 4.78 is 18.8. The molecule has 1 aliphatic rings. The number of ether oxygens (including phenoxy) is 1. The zero-order valence-electron chi connectivity index (χ0n) is 14.8. The molecule has 0 saturated carbocycles. The van der Waals surface area contributed by atoms with E-state index in [2.05, 4.69) is 15.5 Å². The monoisotopic (exact) mass is 366 g/mol. The van der Waals surface area contributed by atoms with Crippen LogP contribution in [0.3, 0.4) is 0 Å². The van der Waals surface area contributed by atoms with Crippen LogP contribution in [0.2, 0.25) is 0 Å². The molecule has 1 atom stereocenters. The number of hydrogen-bond donors (Lipinski definition) is 2. The second kappa shape index (κ2) is 7.11. The maximum atomic E-state index is 13.9. The molecule has 0 aliphatic carbocycles. The second-order valence-electron chi connectivity index (χ2n) is 6.36. The van der Waals surface area contributed by atoms with Crippen LogP contribution in [0.4, 0.5) is 15.8 Å². The molecule has 1 fully saturated rings. The van der Waals surface area contributed by atoms with Gasteiger partial charge in [0.2, 0.25) is 5.91 Å². The molecule has 2 N–H and O–H groups in total. The highest BCUT2D eigenvalue weighted by Gasteiger charge is 2.32. The molecule has 4 rings (SSSR count). The predicted octanol–water partition coefficient (Wildman–Crippen LogP) is 3.44. The molecule has 1 aromatic heterocycles. The van der Waals surface area contributed by atoms with Crippen molar-refractivity contribution in [3.05, 3.63) is 60.7 Å². The van der Waals surface area contributed by atoms with Gasteiger partial charge < -0.3 is 15.0 Å². The largest absolute Gasteiger partial charge is 0.494 e. The number of halogens is 1. The summed E-state index contributed by atoms with van der Waals surface area (Å²) in [7, 11) is 1.42. The van der Waals surface area contributed by atoms with Crippen LogP contribution in [-0.4, -0.2) is 35.8 Å². The fraction of sp³-hybridized carbons (Fsp3) is 0.200. The van der Waals surface area contributed by atoms with Crippen molar-refractivity contribution in [2.24, 2.45) is 0 Å². The zero-order valence-corrected chi connectivity index (χ0v) is 14.8. The van der Waals surface area contributed by atoms with Crippen molar-refractivity contribution < 1.29 is 13.9 Å². The van der Waals surface area contributed by atoms with Crippen molar-refractivity contribution in [3.63, 3.8) is 0 Å². The van der Waals surface area contributed by atoms with Gasteiger partial charge in [-0.1, -0.05) is 12.1 Å². The number of methoxy groups -OCH3 is 1. The fourth-order valence-corrected chi connectivity index (χ4v) is 3.27. The van der Waals surface area contributed by atoms with E-state index in [-0.39, 0.29) is 17.7 Å². The van der Waals surface area contributed by atoms with E-state index in [0.29, 0.717) is 18.7 Å². The van der Waals surface area contributed by atoms with Crippen LogP contribution in [0.5, 0.6) is 5.75 Å². The summed E-state index contributed by atoms with van der Waals surface area (Å²) in [6, 6.07) is 12.0. The molecular weight excluding hydrogens is 347 g/mol. The standard InChI is InChI=1S/C20H19FN4O2/c1-27-19-7-4-15(10-17(19)21)24-18-8-9-25(20(18)26)16-5-2-13(3-6-16)14-11-22-23-12-14/h2-7,10-12,18,24H,8-9H2,1H3,(H,22,23). The molecule has 138 valence electrons. The molecule has 0 spiro atoms. The Hall–Kier alpha value is -3.35. The topological polar surface area (TPSA) is 70.2 Å². The average molecular weight is 366 g/mol. The summed E-state index contributed by atoms with van der Waals surface area (Å²) in [5.41, 5.74) is 3.43. The minimum absolute atomic E-state index is 0.0257. The number of aromatic nitrogens is 2.